The second-order valence-electron chi connectivity index (χ2n) is 6.37. The number of pyridine rings is 1. The van der Waals surface area contributed by atoms with Gasteiger partial charge in [0.25, 0.3) is 5.91 Å². The molecule has 1 saturated heterocycles. The van der Waals surface area contributed by atoms with Crippen molar-refractivity contribution in [3.8, 4) is 6.13 Å². The molecule has 2 heterocycles. The number of hydrogen-bond donors (Lipinski definition) is 1. The summed E-state index contributed by atoms with van der Waals surface area (Å²) in [4.78, 5) is 28.1. The summed E-state index contributed by atoms with van der Waals surface area (Å²) in [7, 11) is -1.54. The molecule has 1 N–H and O–H groups in total. The highest BCUT2D eigenvalue weighted by Gasteiger charge is 2.40. The molecule has 0 saturated carbocycles. The average Bonchev–Trinajstić information content (AvgIpc) is 2.58. The highest BCUT2D eigenvalue weighted by atomic mass is 31.1. The molecule has 1 aromatic heterocycles. The van der Waals surface area contributed by atoms with Crippen molar-refractivity contribution >= 4 is 19.7 Å². The Kier molecular flexibility index (Phi) is 6.97. The second-order valence-corrected chi connectivity index (χ2v) is 7.41. The number of nitrogens with zero attached hydrogens (tertiary/aromatic N) is 1. The third-order valence-electron chi connectivity index (χ3n) is 3.70. The fraction of sp³-hybridized carbons (Fsp3) is 0.529. The van der Waals surface area contributed by atoms with E-state index in [4.69, 9.17) is 19.9 Å². The summed E-state index contributed by atoms with van der Waals surface area (Å²) in [5, 5.41) is 2.69. The van der Waals surface area contributed by atoms with Gasteiger partial charge in [-0.05, 0) is 12.1 Å². The Morgan fingerprint density at radius 1 is 1.48 bits per heavy atom. The van der Waals surface area contributed by atoms with E-state index in [2.05, 4.69) is 10.3 Å². The number of rotatable bonds is 7. The quantitative estimate of drug-likeness (QED) is 0.587. The molecule has 25 heavy (non-hydrogen) atoms. The van der Waals surface area contributed by atoms with E-state index < -0.39 is 19.3 Å². The van der Waals surface area contributed by atoms with Crippen molar-refractivity contribution in [1.29, 1.82) is 0 Å². The van der Waals surface area contributed by atoms with E-state index in [1.807, 2.05) is 32.0 Å². The number of carbonyl (C=O) groups excluding carboxylic acids is 2. The molecule has 1 aliphatic rings. The lowest BCUT2D eigenvalue weighted by Gasteiger charge is -2.36. The first kappa shape index (κ1) is 19.4. The maximum atomic E-state index is 12.2. The largest absolute Gasteiger partial charge is 0.465 e. The topological polar surface area (TPSA) is 86.8 Å². The van der Waals surface area contributed by atoms with Gasteiger partial charge in [-0.2, -0.15) is 0 Å². The predicted molar refractivity (Wildman–Crippen MR) is 93.0 cm³/mol. The lowest BCUT2D eigenvalue weighted by molar-refractivity contribution is -0.143. The maximum Gasteiger partial charge on any atom is 0.307 e. The van der Waals surface area contributed by atoms with Crippen LogP contribution in [0.5, 0.6) is 0 Å². The highest BCUT2D eigenvalue weighted by molar-refractivity contribution is 7.35. The molecule has 0 spiro atoms. The number of aromatic nitrogens is 1. The Morgan fingerprint density at radius 3 is 3.00 bits per heavy atom. The molecule has 7 nitrogen and oxygen atoms in total. The van der Waals surface area contributed by atoms with Crippen LogP contribution in [-0.2, 0) is 29.8 Å². The Labute approximate surface area is 148 Å². The molecule has 1 unspecified atom stereocenters. The summed E-state index contributed by atoms with van der Waals surface area (Å²) >= 11 is 0. The molecule has 1 amide bonds. The van der Waals surface area contributed by atoms with Gasteiger partial charge in [0.15, 0.2) is 13.9 Å². The lowest BCUT2D eigenvalue weighted by Crippen LogP contribution is -2.48. The number of carbonyl (C=O) groups is 2. The summed E-state index contributed by atoms with van der Waals surface area (Å²) in [5.74, 6) is -0.669. The van der Waals surface area contributed by atoms with Crippen molar-refractivity contribution in [2.24, 2.45) is 5.41 Å². The first-order chi connectivity index (χ1) is 11.9. The molecule has 0 aromatic carbocycles. The maximum absolute atomic E-state index is 12.2. The van der Waals surface area contributed by atoms with Crippen molar-refractivity contribution in [3.63, 3.8) is 0 Å². The molecule has 2 rings (SSSR count). The zero-order valence-electron chi connectivity index (χ0n) is 14.4. The van der Waals surface area contributed by atoms with Crippen LogP contribution >= 0.6 is 7.83 Å². The van der Waals surface area contributed by atoms with Crippen LogP contribution in [0.1, 0.15) is 26.0 Å². The van der Waals surface area contributed by atoms with Gasteiger partial charge in [-0.25, -0.2) is 0 Å². The average molecular weight is 366 g/mol. The van der Waals surface area contributed by atoms with Crippen molar-refractivity contribution in [2.45, 2.75) is 32.8 Å². The number of nitrogens with one attached hydrogen (secondary N) is 1. The summed E-state index contributed by atoms with van der Waals surface area (Å²) in [5.41, 5.74) is 0.381. The smallest absolute Gasteiger partial charge is 0.307 e. The highest BCUT2D eigenvalue weighted by Crippen LogP contribution is 2.39. The van der Waals surface area contributed by atoms with Crippen molar-refractivity contribution in [3.05, 3.63) is 30.1 Å². The van der Waals surface area contributed by atoms with Crippen LogP contribution in [0, 0.1) is 11.5 Å². The Hall–Kier alpha value is -1.91. The molecule has 1 fully saturated rings. The summed E-state index contributed by atoms with van der Waals surface area (Å²) < 4.78 is 15.8. The predicted octanol–water partition coefficient (Wildman–Crippen LogP) is 2.02. The second kappa shape index (κ2) is 8.97. The minimum atomic E-state index is -1.54. The van der Waals surface area contributed by atoms with Gasteiger partial charge in [0.2, 0.25) is 0 Å². The van der Waals surface area contributed by atoms with Gasteiger partial charge < -0.3 is 14.6 Å². The van der Waals surface area contributed by atoms with Crippen molar-refractivity contribution < 1.29 is 23.4 Å². The standard InChI is InChI=1S/C17H23N2O5P/c1-17(2)12-23-25(3)24-15(17)16(21)19-10-7-14(20)22-11-8-13-6-4-5-9-18-13/h3-6,9,15H,7-8,10-12H2,1-2H3,(H,19,21)/t15-/m0/s1. The van der Waals surface area contributed by atoms with E-state index in [0.29, 0.717) is 13.0 Å². The molecule has 0 radical (unpaired) electrons. The molecular formula is C17H23N2O5P. The fourth-order valence-corrected chi connectivity index (χ4v) is 3.36. The Bertz CT molecular complexity index is 669. The van der Waals surface area contributed by atoms with Gasteiger partial charge in [0.1, 0.15) is 0 Å². The SMILES string of the molecule is C#P1OCC(C)(C)[C@H](C(=O)NCCC(=O)OCCc2ccccn2)O1. The van der Waals surface area contributed by atoms with Crippen LogP contribution in [0.2, 0.25) is 0 Å². The molecule has 8 heteroatoms. The number of amides is 1. The Morgan fingerprint density at radius 2 is 2.28 bits per heavy atom. The molecule has 2 atom stereocenters. The van der Waals surface area contributed by atoms with Gasteiger partial charge in [0.05, 0.1) is 19.6 Å². The van der Waals surface area contributed by atoms with Gasteiger partial charge in [-0.3, -0.25) is 19.1 Å². The zero-order chi connectivity index (χ0) is 18.3. The van der Waals surface area contributed by atoms with E-state index in [1.165, 1.54) is 0 Å². The van der Waals surface area contributed by atoms with Gasteiger partial charge in [-0.1, -0.05) is 26.0 Å². The monoisotopic (exact) mass is 366 g/mol. The first-order valence-electron chi connectivity index (χ1n) is 8.06. The van der Waals surface area contributed by atoms with Crippen LogP contribution in [0.4, 0.5) is 0 Å². The molecule has 136 valence electrons. The molecule has 0 bridgehead atoms. The minimum absolute atomic E-state index is 0.0923. The zero-order valence-corrected chi connectivity index (χ0v) is 15.3. The molecule has 1 aromatic rings. The summed E-state index contributed by atoms with van der Waals surface area (Å²) in [6, 6.07) is 5.58. The van der Waals surface area contributed by atoms with Gasteiger partial charge in [0, 0.05) is 30.3 Å². The first-order valence-corrected chi connectivity index (χ1v) is 9.31. The fourth-order valence-electron chi connectivity index (χ4n) is 2.25. The van der Waals surface area contributed by atoms with E-state index in [-0.39, 0.29) is 31.4 Å². The Balaban J connectivity index is 1.66. The third kappa shape index (κ3) is 6.15. The molecular weight excluding hydrogens is 343 g/mol. The van der Waals surface area contributed by atoms with Gasteiger partial charge in [-0.15, -0.1) is 0 Å². The minimum Gasteiger partial charge on any atom is -0.465 e. The number of esters is 1. The van der Waals surface area contributed by atoms with Crippen molar-refractivity contribution in [2.75, 3.05) is 19.8 Å². The van der Waals surface area contributed by atoms with Gasteiger partial charge >= 0.3 is 5.97 Å². The molecule has 0 aliphatic carbocycles. The number of hydrogen-bond acceptors (Lipinski definition) is 6. The number of ether oxygens (including phenoxy) is 1. The van der Waals surface area contributed by atoms with Crippen LogP contribution in [0.3, 0.4) is 0 Å². The van der Waals surface area contributed by atoms with Crippen LogP contribution < -0.4 is 5.32 Å². The van der Waals surface area contributed by atoms with Crippen molar-refractivity contribution in [1.82, 2.24) is 10.3 Å². The van der Waals surface area contributed by atoms with Crippen LogP contribution in [-0.4, -0.2) is 42.7 Å². The summed E-state index contributed by atoms with van der Waals surface area (Å²) in [6.45, 7) is 4.53. The van der Waals surface area contributed by atoms with E-state index >= 15 is 0 Å². The normalized spacial score (nSPS) is 20.7. The summed E-state index contributed by atoms with van der Waals surface area (Å²) in [6.07, 6.45) is 7.27. The molecule has 1 aliphatic heterocycles. The van der Waals surface area contributed by atoms with E-state index in [0.717, 1.165) is 5.69 Å². The van der Waals surface area contributed by atoms with E-state index in [1.54, 1.807) is 6.20 Å². The van der Waals surface area contributed by atoms with E-state index in [9.17, 15) is 9.59 Å². The third-order valence-corrected chi connectivity index (χ3v) is 4.50. The van der Waals surface area contributed by atoms with Crippen LogP contribution in [0.25, 0.3) is 0 Å². The lowest BCUT2D eigenvalue weighted by atomic mass is 9.87. The van der Waals surface area contributed by atoms with Crippen LogP contribution in [0.15, 0.2) is 24.4 Å².